The summed E-state index contributed by atoms with van der Waals surface area (Å²) in [6, 6.07) is -0.110. The van der Waals surface area contributed by atoms with Crippen molar-refractivity contribution in [3.8, 4) is 0 Å². The number of carbonyl (C=O) groups is 1. The number of hydrogen-bond donors (Lipinski definition) is 3. The molecule has 0 bridgehead atoms. The fraction of sp³-hybridized carbons (Fsp3) is 0.889. The summed E-state index contributed by atoms with van der Waals surface area (Å²) in [5, 5.41) is 21.3. The van der Waals surface area contributed by atoms with Crippen LogP contribution >= 0.6 is 11.8 Å². The molecule has 0 aliphatic carbocycles. The molecule has 0 heterocycles. The Morgan fingerprint density at radius 3 is 2.64 bits per heavy atom. The van der Waals surface area contributed by atoms with E-state index >= 15 is 0 Å². The first-order valence-corrected chi connectivity index (χ1v) is 5.93. The molecular formula is C9H19NO3S. The van der Waals surface area contributed by atoms with Crippen LogP contribution in [0.25, 0.3) is 0 Å². The van der Waals surface area contributed by atoms with Gasteiger partial charge in [-0.1, -0.05) is 0 Å². The number of rotatable bonds is 7. The van der Waals surface area contributed by atoms with Gasteiger partial charge in [0.1, 0.15) is 0 Å². The maximum absolute atomic E-state index is 10.4. The van der Waals surface area contributed by atoms with E-state index < -0.39 is 11.6 Å². The molecule has 0 fully saturated rings. The molecule has 0 aliphatic rings. The van der Waals surface area contributed by atoms with Crippen LogP contribution in [0.2, 0.25) is 0 Å². The number of carboxylic acids is 1. The van der Waals surface area contributed by atoms with Crippen molar-refractivity contribution in [1.82, 2.24) is 5.32 Å². The smallest absolute Gasteiger partial charge is 0.304 e. The number of aliphatic carboxylic acids is 1. The first-order chi connectivity index (χ1) is 6.37. The SMILES string of the molecule is CSCC(C)(O)CNC(C)CC(=O)O. The average molecular weight is 221 g/mol. The highest BCUT2D eigenvalue weighted by molar-refractivity contribution is 7.98. The molecule has 0 aliphatic heterocycles. The molecular weight excluding hydrogens is 202 g/mol. The molecule has 14 heavy (non-hydrogen) atoms. The Kier molecular flexibility index (Phi) is 6.15. The van der Waals surface area contributed by atoms with Gasteiger partial charge in [-0.3, -0.25) is 4.79 Å². The third-order valence-corrected chi connectivity index (χ3v) is 2.68. The second kappa shape index (κ2) is 6.27. The minimum Gasteiger partial charge on any atom is -0.481 e. The van der Waals surface area contributed by atoms with Crippen LogP contribution in [-0.2, 0) is 4.79 Å². The van der Waals surface area contributed by atoms with E-state index in [9.17, 15) is 9.90 Å². The molecule has 84 valence electrons. The molecule has 0 aromatic carbocycles. The van der Waals surface area contributed by atoms with Gasteiger partial charge in [0.15, 0.2) is 0 Å². The molecule has 2 atom stereocenters. The fourth-order valence-corrected chi connectivity index (χ4v) is 1.81. The summed E-state index contributed by atoms with van der Waals surface area (Å²) in [6.07, 6.45) is 2.00. The molecule has 2 unspecified atom stereocenters. The van der Waals surface area contributed by atoms with Crippen LogP contribution in [0.1, 0.15) is 20.3 Å². The van der Waals surface area contributed by atoms with Gasteiger partial charge in [-0.15, -0.1) is 0 Å². The lowest BCUT2D eigenvalue weighted by atomic mass is 10.1. The van der Waals surface area contributed by atoms with E-state index in [1.54, 1.807) is 25.6 Å². The van der Waals surface area contributed by atoms with Crippen LogP contribution in [0.5, 0.6) is 0 Å². The van der Waals surface area contributed by atoms with Crippen molar-refractivity contribution in [3.63, 3.8) is 0 Å². The van der Waals surface area contributed by atoms with Crippen LogP contribution < -0.4 is 5.32 Å². The van der Waals surface area contributed by atoms with Gasteiger partial charge in [0.25, 0.3) is 0 Å². The van der Waals surface area contributed by atoms with Crippen molar-refractivity contribution in [3.05, 3.63) is 0 Å². The zero-order valence-electron chi connectivity index (χ0n) is 8.91. The van der Waals surface area contributed by atoms with Crippen molar-refractivity contribution in [1.29, 1.82) is 0 Å². The Balaban J connectivity index is 3.75. The Morgan fingerprint density at radius 1 is 1.64 bits per heavy atom. The van der Waals surface area contributed by atoms with E-state index in [1.165, 1.54) is 0 Å². The number of carboxylic acid groups (broad SMARTS) is 1. The molecule has 0 aromatic rings. The first-order valence-electron chi connectivity index (χ1n) is 4.54. The molecule has 0 spiro atoms. The molecule has 0 aromatic heterocycles. The minimum absolute atomic E-state index is 0.0787. The van der Waals surface area contributed by atoms with Crippen LogP contribution in [0.4, 0.5) is 0 Å². The maximum Gasteiger partial charge on any atom is 0.304 e. The zero-order chi connectivity index (χ0) is 11.2. The second-order valence-corrected chi connectivity index (χ2v) is 4.68. The Bertz CT molecular complexity index is 185. The predicted molar refractivity (Wildman–Crippen MR) is 58.7 cm³/mol. The van der Waals surface area contributed by atoms with Crippen molar-refractivity contribution < 1.29 is 15.0 Å². The predicted octanol–water partition coefficient (Wildman–Crippen LogP) is 0.553. The zero-order valence-corrected chi connectivity index (χ0v) is 9.73. The van der Waals surface area contributed by atoms with Gasteiger partial charge in [0, 0.05) is 18.3 Å². The summed E-state index contributed by atoms with van der Waals surface area (Å²) in [6.45, 7) is 3.95. The van der Waals surface area contributed by atoms with Gasteiger partial charge in [-0.05, 0) is 20.1 Å². The maximum atomic E-state index is 10.4. The van der Waals surface area contributed by atoms with Crippen LogP contribution in [-0.4, -0.2) is 46.4 Å². The molecule has 0 saturated carbocycles. The van der Waals surface area contributed by atoms with Gasteiger partial charge in [-0.25, -0.2) is 0 Å². The third kappa shape index (κ3) is 7.17. The molecule has 4 nitrogen and oxygen atoms in total. The van der Waals surface area contributed by atoms with Crippen molar-refractivity contribution in [2.24, 2.45) is 0 Å². The number of hydrogen-bond acceptors (Lipinski definition) is 4. The summed E-state index contributed by atoms with van der Waals surface area (Å²) >= 11 is 1.57. The van der Waals surface area contributed by atoms with E-state index in [1.807, 2.05) is 6.26 Å². The first kappa shape index (κ1) is 13.7. The van der Waals surface area contributed by atoms with E-state index in [0.29, 0.717) is 12.3 Å². The van der Waals surface area contributed by atoms with E-state index in [2.05, 4.69) is 5.32 Å². The highest BCUT2D eigenvalue weighted by Crippen LogP contribution is 2.09. The molecule has 0 saturated heterocycles. The summed E-state index contributed by atoms with van der Waals surface area (Å²) < 4.78 is 0. The summed E-state index contributed by atoms with van der Waals surface area (Å²) in [4.78, 5) is 10.4. The van der Waals surface area contributed by atoms with Gasteiger partial charge >= 0.3 is 5.97 Å². The highest BCUT2D eigenvalue weighted by atomic mass is 32.2. The van der Waals surface area contributed by atoms with E-state index in [-0.39, 0.29) is 12.5 Å². The van der Waals surface area contributed by atoms with Gasteiger partial charge in [0.05, 0.1) is 12.0 Å². The summed E-state index contributed by atoms with van der Waals surface area (Å²) in [5.41, 5.74) is -0.772. The quantitative estimate of drug-likeness (QED) is 0.586. The Morgan fingerprint density at radius 2 is 2.21 bits per heavy atom. The Hall–Kier alpha value is -0.260. The molecule has 0 radical (unpaired) electrons. The van der Waals surface area contributed by atoms with Crippen molar-refractivity contribution in [2.75, 3.05) is 18.6 Å². The van der Waals surface area contributed by atoms with Crippen molar-refractivity contribution in [2.45, 2.75) is 31.9 Å². The highest BCUT2D eigenvalue weighted by Gasteiger charge is 2.20. The van der Waals surface area contributed by atoms with Crippen molar-refractivity contribution >= 4 is 17.7 Å². The molecule has 0 rings (SSSR count). The van der Waals surface area contributed by atoms with Gasteiger partial charge in [0.2, 0.25) is 0 Å². The number of nitrogens with one attached hydrogen (secondary N) is 1. The standard InChI is InChI=1S/C9H19NO3S/c1-7(4-8(11)12)10-5-9(2,13)6-14-3/h7,10,13H,4-6H2,1-3H3,(H,11,12). The van der Waals surface area contributed by atoms with Crippen LogP contribution in [0.3, 0.4) is 0 Å². The topological polar surface area (TPSA) is 69.6 Å². The van der Waals surface area contributed by atoms with E-state index in [4.69, 9.17) is 5.11 Å². The van der Waals surface area contributed by atoms with Crippen LogP contribution in [0.15, 0.2) is 0 Å². The lowest BCUT2D eigenvalue weighted by Gasteiger charge is -2.24. The monoisotopic (exact) mass is 221 g/mol. The largest absolute Gasteiger partial charge is 0.481 e. The van der Waals surface area contributed by atoms with E-state index in [0.717, 1.165) is 0 Å². The number of aliphatic hydroxyl groups is 1. The summed E-state index contributed by atoms with van der Waals surface area (Å²) in [5.74, 6) is -0.186. The number of thioether (sulfide) groups is 1. The lowest BCUT2D eigenvalue weighted by Crippen LogP contribution is -2.43. The van der Waals surface area contributed by atoms with Gasteiger partial charge in [-0.2, -0.15) is 11.8 Å². The molecule has 0 amide bonds. The molecule has 5 heteroatoms. The fourth-order valence-electron chi connectivity index (χ4n) is 1.09. The van der Waals surface area contributed by atoms with Crippen LogP contribution in [0, 0.1) is 0 Å². The minimum atomic E-state index is -0.825. The third-order valence-electron chi connectivity index (χ3n) is 1.77. The lowest BCUT2D eigenvalue weighted by molar-refractivity contribution is -0.137. The Labute approximate surface area is 89.1 Å². The van der Waals surface area contributed by atoms with Gasteiger partial charge < -0.3 is 15.5 Å². The average Bonchev–Trinajstić information content (AvgIpc) is 2.00. The summed E-state index contributed by atoms with van der Waals surface area (Å²) in [7, 11) is 0. The second-order valence-electron chi connectivity index (χ2n) is 3.81. The molecule has 3 N–H and O–H groups in total. The normalized spacial score (nSPS) is 17.4.